The Bertz CT molecular complexity index is 1020. The molecule has 0 aromatic heterocycles. The molecule has 3 aromatic rings. The first-order chi connectivity index (χ1) is 15.1. The summed E-state index contributed by atoms with van der Waals surface area (Å²) in [5.74, 6) is 1.01. The molecule has 0 aliphatic carbocycles. The van der Waals surface area contributed by atoms with Crippen LogP contribution in [0.5, 0.6) is 11.5 Å². The first-order valence-electron chi connectivity index (χ1n) is 10.1. The topological polar surface area (TPSA) is 59.9 Å². The second-order valence-corrected chi connectivity index (χ2v) is 7.85. The van der Waals surface area contributed by atoms with Gasteiger partial charge in [0, 0.05) is 10.0 Å². The first kappa shape index (κ1) is 22.6. The maximum absolute atomic E-state index is 12.0. The van der Waals surface area contributed by atoms with Gasteiger partial charge in [-0.25, -0.2) is 5.43 Å². The number of amides is 1. The van der Waals surface area contributed by atoms with Crippen molar-refractivity contribution in [3.63, 3.8) is 0 Å². The molecule has 0 fully saturated rings. The number of halogens is 1. The SMILES string of the molecule is CCCc1ccc(OCC(=O)NN=Cc2ccccc2OCc2cccc(Br)c2)cc1. The Morgan fingerprint density at radius 3 is 2.58 bits per heavy atom. The molecule has 0 saturated carbocycles. The molecule has 0 heterocycles. The van der Waals surface area contributed by atoms with E-state index in [0.29, 0.717) is 18.1 Å². The molecule has 0 unspecified atom stereocenters. The molecule has 1 amide bonds. The molecule has 0 aliphatic rings. The Labute approximate surface area is 191 Å². The number of ether oxygens (including phenoxy) is 2. The second-order valence-electron chi connectivity index (χ2n) is 6.93. The van der Waals surface area contributed by atoms with Gasteiger partial charge in [0.25, 0.3) is 5.91 Å². The molecule has 31 heavy (non-hydrogen) atoms. The van der Waals surface area contributed by atoms with Crippen LogP contribution in [0.15, 0.2) is 82.4 Å². The molecule has 1 N–H and O–H groups in total. The summed E-state index contributed by atoms with van der Waals surface area (Å²) in [6, 6.07) is 23.2. The molecule has 160 valence electrons. The molecule has 5 nitrogen and oxygen atoms in total. The van der Waals surface area contributed by atoms with Crippen molar-refractivity contribution in [1.29, 1.82) is 0 Å². The highest BCUT2D eigenvalue weighted by Gasteiger charge is 2.04. The molecule has 0 aliphatic heterocycles. The summed E-state index contributed by atoms with van der Waals surface area (Å²) in [5.41, 5.74) is 5.56. The van der Waals surface area contributed by atoms with Crippen LogP contribution in [0.4, 0.5) is 0 Å². The summed E-state index contributed by atoms with van der Waals surface area (Å²) >= 11 is 3.46. The molecule has 6 heteroatoms. The van der Waals surface area contributed by atoms with Gasteiger partial charge in [-0.1, -0.05) is 65.7 Å². The Hall–Kier alpha value is -3.12. The van der Waals surface area contributed by atoms with Crippen LogP contribution in [0.1, 0.15) is 30.0 Å². The van der Waals surface area contributed by atoms with Gasteiger partial charge in [-0.05, 0) is 53.9 Å². The van der Waals surface area contributed by atoms with Crippen LogP contribution in [0.25, 0.3) is 0 Å². The summed E-state index contributed by atoms with van der Waals surface area (Å²) in [5, 5.41) is 4.03. The maximum atomic E-state index is 12.0. The second kappa shape index (κ2) is 11.9. The Morgan fingerprint density at radius 2 is 1.81 bits per heavy atom. The van der Waals surface area contributed by atoms with Crippen molar-refractivity contribution >= 4 is 28.1 Å². The minimum absolute atomic E-state index is 0.106. The zero-order valence-corrected chi connectivity index (χ0v) is 19.0. The monoisotopic (exact) mass is 480 g/mol. The van der Waals surface area contributed by atoms with E-state index in [2.05, 4.69) is 33.4 Å². The van der Waals surface area contributed by atoms with Crippen molar-refractivity contribution in [2.24, 2.45) is 5.10 Å². The zero-order valence-electron chi connectivity index (χ0n) is 17.4. The number of carbonyl (C=O) groups excluding carboxylic acids is 1. The molecule has 0 bridgehead atoms. The smallest absolute Gasteiger partial charge is 0.277 e. The van der Waals surface area contributed by atoms with Gasteiger partial charge in [0.15, 0.2) is 6.61 Å². The van der Waals surface area contributed by atoms with E-state index in [4.69, 9.17) is 9.47 Å². The third-order valence-corrected chi connectivity index (χ3v) is 4.92. The number of hydrazone groups is 1. The number of hydrogen-bond acceptors (Lipinski definition) is 4. The minimum Gasteiger partial charge on any atom is -0.488 e. The quantitative estimate of drug-likeness (QED) is 0.307. The highest BCUT2D eigenvalue weighted by Crippen LogP contribution is 2.19. The molecule has 0 atom stereocenters. The van der Waals surface area contributed by atoms with Gasteiger partial charge in [0.2, 0.25) is 0 Å². The number of nitrogens with zero attached hydrogens (tertiary/aromatic N) is 1. The number of benzene rings is 3. The van der Waals surface area contributed by atoms with Crippen molar-refractivity contribution in [3.8, 4) is 11.5 Å². The molecular formula is C25H25BrN2O3. The molecule has 3 aromatic carbocycles. The van der Waals surface area contributed by atoms with E-state index in [1.54, 1.807) is 6.21 Å². The van der Waals surface area contributed by atoms with Crippen LogP contribution < -0.4 is 14.9 Å². The van der Waals surface area contributed by atoms with E-state index in [9.17, 15) is 4.79 Å². The van der Waals surface area contributed by atoms with Crippen LogP contribution in [0.2, 0.25) is 0 Å². The standard InChI is InChI=1S/C25H25BrN2O3/c1-2-6-19-11-13-23(14-12-19)30-18-25(29)28-27-16-21-8-3-4-10-24(21)31-17-20-7-5-9-22(26)15-20/h3-5,7-16H,2,6,17-18H2,1H3,(H,28,29). The average Bonchev–Trinajstić information content (AvgIpc) is 2.78. The van der Waals surface area contributed by atoms with Crippen molar-refractivity contribution in [3.05, 3.63) is 94.0 Å². The molecule has 0 spiro atoms. The lowest BCUT2D eigenvalue weighted by Gasteiger charge is -2.09. The predicted molar refractivity (Wildman–Crippen MR) is 127 cm³/mol. The number of aryl methyl sites for hydroxylation is 1. The van der Waals surface area contributed by atoms with E-state index >= 15 is 0 Å². The summed E-state index contributed by atoms with van der Waals surface area (Å²) in [6.07, 6.45) is 3.69. The van der Waals surface area contributed by atoms with Crippen LogP contribution in [-0.4, -0.2) is 18.7 Å². The highest BCUT2D eigenvalue weighted by molar-refractivity contribution is 9.10. The Morgan fingerprint density at radius 1 is 1.00 bits per heavy atom. The summed E-state index contributed by atoms with van der Waals surface area (Å²) in [4.78, 5) is 12.0. The van der Waals surface area contributed by atoms with Crippen molar-refractivity contribution in [1.82, 2.24) is 5.43 Å². The molecular weight excluding hydrogens is 456 g/mol. The summed E-state index contributed by atoms with van der Waals surface area (Å²) in [6.45, 7) is 2.47. The van der Waals surface area contributed by atoms with Crippen molar-refractivity contribution < 1.29 is 14.3 Å². The van der Waals surface area contributed by atoms with Crippen molar-refractivity contribution in [2.75, 3.05) is 6.61 Å². The zero-order chi connectivity index (χ0) is 21.9. The lowest BCUT2D eigenvalue weighted by atomic mass is 10.1. The van der Waals surface area contributed by atoms with Crippen LogP contribution in [0.3, 0.4) is 0 Å². The number of carbonyl (C=O) groups is 1. The molecule has 0 saturated heterocycles. The predicted octanol–water partition coefficient (Wildman–Crippen LogP) is 5.51. The van der Waals surface area contributed by atoms with E-state index in [0.717, 1.165) is 28.4 Å². The van der Waals surface area contributed by atoms with Gasteiger partial charge < -0.3 is 9.47 Å². The average molecular weight is 481 g/mol. The molecule has 3 rings (SSSR count). The van der Waals surface area contributed by atoms with E-state index in [-0.39, 0.29) is 12.5 Å². The highest BCUT2D eigenvalue weighted by atomic mass is 79.9. The van der Waals surface area contributed by atoms with E-state index in [1.807, 2.05) is 72.8 Å². The number of hydrogen-bond donors (Lipinski definition) is 1. The fourth-order valence-electron chi connectivity index (χ4n) is 2.90. The Kier molecular flexibility index (Phi) is 8.67. The minimum atomic E-state index is -0.332. The number of nitrogens with one attached hydrogen (secondary N) is 1. The van der Waals surface area contributed by atoms with Crippen LogP contribution >= 0.6 is 15.9 Å². The maximum Gasteiger partial charge on any atom is 0.277 e. The van der Waals surface area contributed by atoms with Gasteiger partial charge in [-0.3, -0.25) is 4.79 Å². The first-order valence-corrected chi connectivity index (χ1v) is 10.9. The fraction of sp³-hybridized carbons (Fsp3) is 0.200. The summed E-state index contributed by atoms with van der Waals surface area (Å²) in [7, 11) is 0. The van der Waals surface area contributed by atoms with Gasteiger partial charge in [0.05, 0.1) is 6.21 Å². The molecule has 0 radical (unpaired) electrons. The number of rotatable bonds is 10. The van der Waals surface area contributed by atoms with Gasteiger partial charge in [0.1, 0.15) is 18.1 Å². The third-order valence-electron chi connectivity index (χ3n) is 4.43. The van der Waals surface area contributed by atoms with Gasteiger partial charge in [-0.15, -0.1) is 0 Å². The van der Waals surface area contributed by atoms with Crippen LogP contribution in [0, 0.1) is 0 Å². The number of para-hydroxylation sites is 1. The normalized spacial score (nSPS) is 10.8. The van der Waals surface area contributed by atoms with E-state index in [1.165, 1.54) is 5.56 Å². The van der Waals surface area contributed by atoms with Crippen LogP contribution in [-0.2, 0) is 17.8 Å². The summed E-state index contributed by atoms with van der Waals surface area (Å²) < 4.78 is 12.4. The Balaban J connectivity index is 1.49. The largest absolute Gasteiger partial charge is 0.488 e. The third kappa shape index (κ3) is 7.57. The fourth-order valence-corrected chi connectivity index (χ4v) is 3.35. The van der Waals surface area contributed by atoms with E-state index < -0.39 is 0 Å². The van der Waals surface area contributed by atoms with Gasteiger partial charge >= 0.3 is 0 Å². The lowest BCUT2D eigenvalue weighted by Crippen LogP contribution is -2.24. The van der Waals surface area contributed by atoms with Gasteiger partial charge in [-0.2, -0.15) is 5.10 Å². The van der Waals surface area contributed by atoms with Crippen molar-refractivity contribution in [2.45, 2.75) is 26.4 Å². The lowest BCUT2D eigenvalue weighted by molar-refractivity contribution is -0.123.